The van der Waals surface area contributed by atoms with E-state index in [4.69, 9.17) is 44.2 Å². The number of hydrogen-bond donors (Lipinski definition) is 0. The van der Waals surface area contributed by atoms with Gasteiger partial charge in [0, 0.05) is 11.3 Å². The second-order valence-electron chi connectivity index (χ2n) is 11.5. The van der Waals surface area contributed by atoms with Crippen molar-refractivity contribution in [1.29, 1.82) is 0 Å². The Hall–Kier alpha value is -5.15. The predicted octanol–water partition coefficient (Wildman–Crippen LogP) is 4.30. The normalized spacial score (nSPS) is 11.5. The fourth-order valence-electron chi connectivity index (χ4n) is 6.70. The van der Waals surface area contributed by atoms with Crippen molar-refractivity contribution in [3.63, 3.8) is 0 Å². The standard InChI is InChI=1S/C39H21B5N2/c40-34-32(35(41)37(43)38(44)36(34)42)23-12-10-11-22(21-23)31-25-15-4-6-17-27(25)33(28-18-7-5-16-26(28)31)39-45-29-19-8-9-20-30(29)46(39)24-13-2-1-3-14-24/h1-21H. The lowest BCUT2D eigenvalue weighted by atomic mass is 9.59. The molecule has 1 aromatic heterocycles. The summed E-state index contributed by atoms with van der Waals surface area (Å²) in [7, 11) is 31.6. The number of para-hydroxylation sites is 3. The molecule has 10 radical (unpaired) electrons. The van der Waals surface area contributed by atoms with Crippen LogP contribution >= 0.6 is 0 Å². The molecule has 0 bridgehead atoms. The fourth-order valence-corrected chi connectivity index (χ4v) is 6.70. The Bertz CT molecular complexity index is 2400. The highest BCUT2D eigenvalue weighted by Gasteiger charge is 2.22. The van der Waals surface area contributed by atoms with Crippen molar-refractivity contribution in [1.82, 2.24) is 9.55 Å². The van der Waals surface area contributed by atoms with Gasteiger partial charge in [0.2, 0.25) is 0 Å². The molecule has 0 atom stereocenters. The molecule has 2 nitrogen and oxygen atoms in total. The molecule has 0 unspecified atom stereocenters. The molecule has 8 aromatic rings. The van der Waals surface area contributed by atoms with Crippen molar-refractivity contribution in [2.24, 2.45) is 0 Å². The molecule has 7 aromatic carbocycles. The van der Waals surface area contributed by atoms with Crippen molar-refractivity contribution < 1.29 is 0 Å². The second kappa shape index (κ2) is 11.0. The lowest BCUT2D eigenvalue weighted by Gasteiger charge is -2.22. The van der Waals surface area contributed by atoms with E-state index >= 15 is 0 Å². The Morgan fingerprint density at radius 2 is 0.891 bits per heavy atom. The zero-order chi connectivity index (χ0) is 31.5. The Balaban J connectivity index is 1.46. The van der Waals surface area contributed by atoms with Gasteiger partial charge in [-0.1, -0.05) is 108 Å². The first kappa shape index (κ1) is 28.3. The quantitative estimate of drug-likeness (QED) is 0.228. The fraction of sp³-hybridized carbons (Fsp3) is 0. The van der Waals surface area contributed by atoms with Crippen LogP contribution in [0.15, 0.2) is 127 Å². The molecule has 0 N–H and O–H groups in total. The Morgan fingerprint density at radius 1 is 0.413 bits per heavy atom. The number of hydrogen-bond acceptors (Lipinski definition) is 1. The molecular weight excluding hydrogens is 551 g/mol. The lowest BCUT2D eigenvalue weighted by Crippen LogP contribution is -2.55. The van der Waals surface area contributed by atoms with E-state index in [1.807, 2.05) is 24.3 Å². The Labute approximate surface area is 274 Å². The van der Waals surface area contributed by atoms with Crippen molar-refractivity contribution in [3.8, 4) is 39.3 Å². The third-order valence-electron chi connectivity index (χ3n) is 8.87. The van der Waals surface area contributed by atoms with Gasteiger partial charge in [-0.05, 0) is 74.1 Å². The smallest absolute Gasteiger partial charge is 0.146 e. The van der Waals surface area contributed by atoms with E-state index in [1.54, 1.807) is 0 Å². The molecule has 0 aliphatic heterocycles. The molecule has 0 saturated heterocycles. The lowest BCUT2D eigenvalue weighted by molar-refractivity contribution is 1.11. The maximum absolute atomic E-state index is 6.48. The predicted molar refractivity (Wildman–Crippen MR) is 199 cm³/mol. The summed E-state index contributed by atoms with van der Waals surface area (Å²) in [6, 6.07) is 43.8. The average molecular weight is 572 g/mol. The minimum absolute atomic E-state index is 0.198. The summed E-state index contributed by atoms with van der Waals surface area (Å²) in [5, 5.41) is 4.37. The number of aromatic nitrogens is 2. The summed E-state index contributed by atoms with van der Waals surface area (Å²) in [4.78, 5) is 5.26. The van der Waals surface area contributed by atoms with Gasteiger partial charge in [-0.15, -0.1) is 16.4 Å². The van der Waals surface area contributed by atoms with Crippen LogP contribution in [0, 0.1) is 0 Å². The van der Waals surface area contributed by atoms with E-state index in [0.717, 1.165) is 66.3 Å². The van der Waals surface area contributed by atoms with Gasteiger partial charge in [0.25, 0.3) is 0 Å². The van der Waals surface area contributed by atoms with Crippen LogP contribution in [0.25, 0.3) is 71.9 Å². The van der Waals surface area contributed by atoms with E-state index in [9.17, 15) is 0 Å². The maximum atomic E-state index is 6.48. The van der Waals surface area contributed by atoms with Gasteiger partial charge in [0.15, 0.2) is 0 Å². The van der Waals surface area contributed by atoms with Crippen LogP contribution < -0.4 is 27.3 Å². The molecule has 0 aliphatic rings. The SMILES string of the molecule is [B]c1c([B])c([B])c(-c2cccc(-c3c4ccccc4c(-c4nc5ccccc5n4-c4ccccc4)c4ccccc34)c2)c([B])c1[B]. The minimum atomic E-state index is 0.198. The number of nitrogens with zero attached hydrogens (tertiary/aromatic N) is 2. The number of benzene rings is 7. The van der Waals surface area contributed by atoms with Crippen molar-refractivity contribution in [2.75, 3.05) is 0 Å². The van der Waals surface area contributed by atoms with Crippen molar-refractivity contribution in [3.05, 3.63) is 127 Å². The summed E-state index contributed by atoms with van der Waals surface area (Å²) in [5.41, 5.74) is 8.85. The molecule has 0 fully saturated rings. The zero-order valence-electron chi connectivity index (χ0n) is 24.9. The van der Waals surface area contributed by atoms with Crippen molar-refractivity contribution in [2.45, 2.75) is 0 Å². The van der Waals surface area contributed by atoms with E-state index in [1.165, 1.54) is 0 Å². The molecule has 0 amide bonds. The number of fused-ring (bicyclic) bond motifs is 3. The monoisotopic (exact) mass is 572 g/mol. The van der Waals surface area contributed by atoms with E-state index in [0.29, 0.717) is 16.5 Å². The Kier molecular flexibility index (Phi) is 6.80. The van der Waals surface area contributed by atoms with Crippen LogP contribution in [0.5, 0.6) is 0 Å². The van der Waals surface area contributed by atoms with Gasteiger partial charge in [0.05, 0.1) is 11.0 Å². The zero-order valence-corrected chi connectivity index (χ0v) is 24.9. The first-order valence-corrected chi connectivity index (χ1v) is 15.0. The molecule has 0 aliphatic carbocycles. The van der Waals surface area contributed by atoms with Crippen molar-refractivity contribution >= 4 is 99.1 Å². The molecule has 202 valence electrons. The molecule has 7 heteroatoms. The van der Waals surface area contributed by atoms with E-state index in [-0.39, 0.29) is 16.4 Å². The molecule has 1 heterocycles. The molecule has 46 heavy (non-hydrogen) atoms. The molecular formula is C39H21B5N2. The van der Waals surface area contributed by atoms with Gasteiger partial charge < -0.3 is 0 Å². The maximum Gasteiger partial charge on any atom is 0.146 e. The van der Waals surface area contributed by atoms with E-state index < -0.39 is 0 Å². The molecule has 8 rings (SSSR count). The van der Waals surface area contributed by atoms with Gasteiger partial charge in [-0.3, -0.25) is 4.57 Å². The van der Waals surface area contributed by atoms with Crippen LogP contribution in [-0.2, 0) is 0 Å². The van der Waals surface area contributed by atoms with Crippen LogP contribution in [0.1, 0.15) is 0 Å². The topological polar surface area (TPSA) is 17.8 Å². The van der Waals surface area contributed by atoms with Gasteiger partial charge in [0.1, 0.15) is 45.1 Å². The highest BCUT2D eigenvalue weighted by Crippen LogP contribution is 2.44. The van der Waals surface area contributed by atoms with Crippen LogP contribution in [0.3, 0.4) is 0 Å². The first-order valence-electron chi connectivity index (χ1n) is 15.0. The van der Waals surface area contributed by atoms with Crippen LogP contribution in [-0.4, -0.2) is 48.8 Å². The number of rotatable bonds is 4. The molecule has 0 spiro atoms. The van der Waals surface area contributed by atoms with Crippen LogP contribution in [0.2, 0.25) is 0 Å². The summed E-state index contributed by atoms with van der Waals surface area (Å²) >= 11 is 0. The summed E-state index contributed by atoms with van der Waals surface area (Å²) in [6.07, 6.45) is 0. The third-order valence-corrected chi connectivity index (χ3v) is 8.87. The van der Waals surface area contributed by atoms with E-state index in [2.05, 4.69) is 108 Å². The highest BCUT2D eigenvalue weighted by molar-refractivity contribution is 6.68. The van der Waals surface area contributed by atoms with Gasteiger partial charge in [-0.2, -0.15) is 0 Å². The third kappa shape index (κ3) is 4.30. The average Bonchev–Trinajstić information content (AvgIpc) is 3.48. The first-order chi connectivity index (χ1) is 22.4. The Morgan fingerprint density at radius 3 is 1.50 bits per heavy atom. The number of imidazole rings is 1. The second-order valence-corrected chi connectivity index (χ2v) is 11.5. The largest absolute Gasteiger partial charge is 0.292 e. The highest BCUT2D eigenvalue weighted by atomic mass is 15.1. The van der Waals surface area contributed by atoms with Gasteiger partial charge in [-0.25, -0.2) is 4.98 Å². The summed E-state index contributed by atoms with van der Waals surface area (Å²) in [5.74, 6) is 0.883. The van der Waals surface area contributed by atoms with Crippen LogP contribution in [0.4, 0.5) is 0 Å². The summed E-state index contributed by atoms with van der Waals surface area (Å²) < 4.78 is 2.26. The molecule has 0 saturated carbocycles. The summed E-state index contributed by atoms with van der Waals surface area (Å²) in [6.45, 7) is 0. The van der Waals surface area contributed by atoms with Gasteiger partial charge >= 0.3 is 0 Å². The minimum Gasteiger partial charge on any atom is -0.292 e.